The van der Waals surface area contributed by atoms with E-state index >= 15 is 0 Å². The molecule has 0 aromatic carbocycles. The van der Waals surface area contributed by atoms with E-state index in [4.69, 9.17) is 15.0 Å². The summed E-state index contributed by atoms with van der Waals surface area (Å²) in [5.41, 5.74) is 31.4. The van der Waals surface area contributed by atoms with Crippen molar-refractivity contribution in [3.63, 3.8) is 0 Å². The molecule has 6 N–H and O–H groups in total. The highest BCUT2D eigenvalue weighted by atomic mass is 14.9. The normalized spacial score (nSPS) is 15.0. The standard InChI is InChI=1S/C63H73N9/c1-30(2)24-40-36(11)56-52-54-34(9)28-50(67-54)44-18-15-19-45(64-44)51-29-35(10)55(68-51)53(58-38(13)42(26-32(5)6)61(71-58)47-21-16-20-46(65-47)60(40)69-56)59-39(14)43(27-33(7)8)63(72-59)49-23-17-22-48(66-49)62-41(25-31(3)4)37(12)57(52)70-62/h15-23,28-33,52-53,67-72H,24-27H2,1-14H3. The van der Waals surface area contributed by atoms with Gasteiger partial charge in [0.25, 0.3) is 0 Å². The summed E-state index contributed by atoms with van der Waals surface area (Å²) in [6.45, 7) is 32.4. The van der Waals surface area contributed by atoms with Gasteiger partial charge in [-0.15, -0.1) is 0 Å². The van der Waals surface area contributed by atoms with Crippen molar-refractivity contribution in [2.75, 3.05) is 0 Å². The second kappa shape index (κ2) is 18.0. The van der Waals surface area contributed by atoms with Crippen molar-refractivity contribution < 1.29 is 0 Å². The zero-order valence-electron chi connectivity index (χ0n) is 45.0. The first-order chi connectivity index (χ1) is 34.4. The van der Waals surface area contributed by atoms with Gasteiger partial charge in [-0.3, -0.25) is 0 Å². The number of rotatable bonds is 8. The van der Waals surface area contributed by atoms with Gasteiger partial charge in [0, 0.05) is 34.2 Å². The third-order valence-corrected chi connectivity index (χ3v) is 15.8. The number of nitrogens with zero attached hydrogens (tertiary/aromatic N) is 3. The maximum Gasteiger partial charge on any atom is 0.0875 e. The van der Waals surface area contributed by atoms with Crippen LogP contribution in [0, 0.1) is 65.2 Å². The van der Waals surface area contributed by atoms with Crippen LogP contribution < -0.4 is 0 Å². The van der Waals surface area contributed by atoms with Crippen LogP contribution in [0.25, 0.3) is 68.3 Å². The van der Waals surface area contributed by atoms with Gasteiger partial charge in [0.1, 0.15) is 0 Å². The molecule has 0 unspecified atom stereocenters. The van der Waals surface area contributed by atoms with Gasteiger partial charge in [0.15, 0.2) is 0 Å². The number of pyridine rings is 3. The van der Waals surface area contributed by atoms with Crippen molar-refractivity contribution in [2.24, 2.45) is 23.7 Å². The highest BCUT2D eigenvalue weighted by Crippen LogP contribution is 2.47. The van der Waals surface area contributed by atoms with Crippen LogP contribution in [0.3, 0.4) is 0 Å². The molecule has 9 nitrogen and oxygen atoms in total. The molecule has 9 aromatic rings. The lowest BCUT2D eigenvalue weighted by molar-refractivity contribution is 0.646. The number of aromatic amines is 6. The fraction of sp³-hybridized carbons (Fsp3) is 0.381. The Morgan fingerprint density at radius 2 is 0.597 bits per heavy atom. The third kappa shape index (κ3) is 7.95. The maximum atomic E-state index is 5.71. The lowest BCUT2D eigenvalue weighted by Gasteiger charge is -2.19. The van der Waals surface area contributed by atoms with Crippen LogP contribution in [-0.2, 0) is 25.7 Å². The zero-order chi connectivity index (χ0) is 50.6. The monoisotopic (exact) mass is 956 g/mol. The molecule has 0 saturated carbocycles. The van der Waals surface area contributed by atoms with Crippen molar-refractivity contribution in [1.82, 2.24) is 44.9 Å². The van der Waals surface area contributed by atoms with E-state index in [1.165, 1.54) is 55.6 Å². The SMILES string of the molecule is Cc1cc2[nH]c1C1c3[nH]c(c(CC(C)C)c3C)-c3cccc(n3)-c3[nH]c(c(C)c3CC(C)C)C(c3[nH]c(cc3C)-c3cccc-2n3)c2[nH]c(c(CC(C)C)c2C)-c2cccc(n2)-c2[nH]c1c(C)c2CC(C)C. The van der Waals surface area contributed by atoms with E-state index in [1.807, 2.05) is 0 Å². The minimum Gasteiger partial charge on any atom is -0.356 e. The van der Waals surface area contributed by atoms with Crippen LogP contribution in [0.4, 0.5) is 0 Å². The number of hydrogen-bond donors (Lipinski definition) is 6. The molecular formula is C63H73N9. The quantitative estimate of drug-likeness (QED) is 0.0906. The molecule has 3 aliphatic heterocycles. The average molecular weight is 956 g/mol. The molecule has 9 heteroatoms. The Balaban J connectivity index is 1.35. The molecule has 0 amide bonds. The van der Waals surface area contributed by atoms with E-state index in [9.17, 15) is 0 Å². The Kier molecular flexibility index (Phi) is 11.9. The molecule has 0 saturated heterocycles. The van der Waals surface area contributed by atoms with E-state index in [0.717, 1.165) is 128 Å². The summed E-state index contributed by atoms with van der Waals surface area (Å²) in [7, 11) is 0. The molecule has 12 rings (SSSR count). The number of aryl methyl sites for hydroxylation is 2. The fourth-order valence-electron chi connectivity index (χ4n) is 12.3. The van der Waals surface area contributed by atoms with Crippen molar-refractivity contribution in [3.8, 4) is 68.3 Å². The first-order valence-electron chi connectivity index (χ1n) is 26.6. The van der Waals surface area contributed by atoms with Crippen LogP contribution in [0.2, 0.25) is 0 Å². The van der Waals surface area contributed by atoms with Crippen molar-refractivity contribution in [2.45, 2.75) is 134 Å². The van der Waals surface area contributed by atoms with E-state index in [-0.39, 0.29) is 11.8 Å². The van der Waals surface area contributed by atoms with Crippen LogP contribution in [0.5, 0.6) is 0 Å². The molecule has 370 valence electrons. The molecule has 3 aliphatic rings. The summed E-state index contributed by atoms with van der Waals surface area (Å²) in [5.74, 6) is 1.24. The van der Waals surface area contributed by atoms with Gasteiger partial charge in [-0.2, -0.15) is 0 Å². The minimum atomic E-state index is -0.216. The summed E-state index contributed by atoms with van der Waals surface area (Å²) >= 11 is 0. The second-order valence-electron chi connectivity index (χ2n) is 23.1. The van der Waals surface area contributed by atoms with Crippen LogP contribution in [0.1, 0.15) is 157 Å². The van der Waals surface area contributed by atoms with Gasteiger partial charge in [-0.25, -0.2) is 15.0 Å². The molecule has 0 atom stereocenters. The van der Waals surface area contributed by atoms with Gasteiger partial charge in [0.2, 0.25) is 0 Å². The fourth-order valence-corrected chi connectivity index (χ4v) is 12.3. The van der Waals surface area contributed by atoms with E-state index < -0.39 is 0 Å². The van der Waals surface area contributed by atoms with Gasteiger partial charge >= 0.3 is 0 Å². The van der Waals surface area contributed by atoms with Gasteiger partial charge < -0.3 is 29.9 Å². The van der Waals surface area contributed by atoms with E-state index in [1.54, 1.807) is 0 Å². The molecule has 72 heavy (non-hydrogen) atoms. The Labute approximate surface area is 426 Å². The van der Waals surface area contributed by atoms with Crippen molar-refractivity contribution in [1.29, 1.82) is 0 Å². The average Bonchev–Trinajstić information content (AvgIpc) is 4.19. The highest BCUT2D eigenvalue weighted by Gasteiger charge is 2.36. The van der Waals surface area contributed by atoms with Crippen LogP contribution in [0.15, 0.2) is 66.7 Å². The van der Waals surface area contributed by atoms with Gasteiger partial charge in [-0.1, -0.05) is 73.6 Å². The summed E-state index contributed by atoms with van der Waals surface area (Å²) in [5, 5.41) is 0. The first kappa shape index (κ1) is 47.5. The Morgan fingerprint density at radius 1 is 0.347 bits per heavy atom. The van der Waals surface area contributed by atoms with Crippen LogP contribution >= 0.6 is 0 Å². The Morgan fingerprint density at radius 3 is 0.861 bits per heavy atom. The first-order valence-corrected chi connectivity index (χ1v) is 26.6. The lowest BCUT2D eigenvalue weighted by Crippen LogP contribution is -2.10. The molecule has 0 spiro atoms. The topological polar surface area (TPSA) is 133 Å². The number of aromatic nitrogens is 9. The molecule has 0 aliphatic carbocycles. The van der Waals surface area contributed by atoms with Gasteiger partial charge in [0.05, 0.1) is 80.2 Å². The summed E-state index contributed by atoms with van der Waals surface area (Å²) in [6.07, 6.45) is 3.63. The molecule has 20 bridgehead atoms. The Hall–Kier alpha value is -6.87. The largest absolute Gasteiger partial charge is 0.356 e. The summed E-state index contributed by atoms with van der Waals surface area (Å²) in [4.78, 5) is 41.7. The molecule has 0 radical (unpaired) electrons. The summed E-state index contributed by atoms with van der Waals surface area (Å²) in [6, 6.07) is 24.2. The zero-order valence-corrected chi connectivity index (χ0v) is 45.0. The third-order valence-electron chi connectivity index (χ3n) is 15.8. The van der Waals surface area contributed by atoms with Crippen molar-refractivity contribution >= 4 is 0 Å². The van der Waals surface area contributed by atoms with Crippen LogP contribution in [-0.4, -0.2) is 44.9 Å². The van der Waals surface area contributed by atoms with Gasteiger partial charge in [-0.05, 0) is 195 Å². The predicted octanol–water partition coefficient (Wildman–Crippen LogP) is 15.5. The summed E-state index contributed by atoms with van der Waals surface area (Å²) < 4.78 is 0. The molecular weight excluding hydrogens is 883 g/mol. The molecule has 9 aromatic heterocycles. The minimum absolute atomic E-state index is 0.216. The Bertz CT molecular complexity index is 3140. The second-order valence-corrected chi connectivity index (χ2v) is 23.1. The number of nitrogens with one attached hydrogen (secondary N) is 6. The molecule has 0 fully saturated rings. The number of H-pyrrole nitrogens is 6. The van der Waals surface area contributed by atoms with E-state index in [0.29, 0.717) is 23.7 Å². The predicted molar refractivity (Wildman–Crippen MR) is 296 cm³/mol. The highest BCUT2D eigenvalue weighted by molar-refractivity contribution is 5.75. The smallest absolute Gasteiger partial charge is 0.0875 e. The van der Waals surface area contributed by atoms with E-state index in [2.05, 4.69) is 194 Å². The lowest BCUT2D eigenvalue weighted by atomic mass is 9.87. The molecule has 12 heterocycles. The maximum absolute atomic E-state index is 5.71. The number of hydrogen-bond acceptors (Lipinski definition) is 3. The van der Waals surface area contributed by atoms with Crippen molar-refractivity contribution in [3.05, 3.63) is 157 Å².